The highest BCUT2D eigenvalue weighted by Gasteiger charge is 2.03. The highest BCUT2D eigenvalue weighted by atomic mass is 16.5. The fourth-order valence-corrected chi connectivity index (χ4v) is 4.11. The van der Waals surface area contributed by atoms with Gasteiger partial charge in [-0.15, -0.1) is 0 Å². The molecule has 0 rings (SSSR count). The third kappa shape index (κ3) is 32.8. The molecule has 0 aliphatic heterocycles. The highest BCUT2D eigenvalue weighted by Crippen LogP contribution is 2.13. The Morgan fingerprint density at radius 1 is 0.550 bits per heavy atom. The van der Waals surface area contributed by atoms with Crippen LogP contribution in [-0.4, -0.2) is 90.0 Å². The van der Waals surface area contributed by atoms with E-state index in [9.17, 15) is 14.4 Å². The molecule has 0 aliphatic rings. The molecule has 0 fully saturated rings. The highest BCUT2D eigenvalue weighted by molar-refractivity contribution is 5.80. The maximum atomic E-state index is 12.0. The lowest BCUT2D eigenvalue weighted by atomic mass is 10.0. The van der Waals surface area contributed by atoms with E-state index in [1.807, 2.05) is 0 Å². The van der Waals surface area contributed by atoms with E-state index in [0.29, 0.717) is 65.7 Å². The molecule has 2 N–H and O–H groups in total. The number of hydrogen-bond acceptors (Lipinski definition) is 8. The summed E-state index contributed by atoms with van der Waals surface area (Å²) in [4.78, 5) is 34.4. The summed E-state index contributed by atoms with van der Waals surface area (Å²) in [6.45, 7) is 7.50. The summed E-state index contributed by atoms with van der Waals surface area (Å²) in [6.07, 6.45) is 19.2. The van der Waals surface area contributed by atoms with Crippen LogP contribution < -0.4 is 10.6 Å². The number of ketones is 2. The van der Waals surface area contributed by atoms with Crippen LogP contribution in [0.25, 0.3) is 0 Å². The first-order valence-electron chi connectivity index (χ1n) is 15.9. The summed E-state index contributed by atoms with van der Waals surface area (Å²) in [5.74, 6) is 0.0296. The van der Waals surface area contributed by atoms with Crippen molar-refractivity contribution in [2.45, 2.75) is 110 Å². The molecule has 0 aromatic rings. The molecule has 0 aromatic heterocycles. The molecule has 1 amide bonds. The van der Waals surface area contributed by atoms with Crippen molar-refractivity contribution in [3.63, 3.8) is 0 Å². The van der Waals surface area contributed by atoms with E-state index in [2.05, 4.69) is 17.6 Å². The Labute approximate surface area is 244 Å². The van der Waals surface area contributed by atoms with Gasteiger partial charge in [0.25, 0.3) is 0 Å². The minimum atomic E-state index is -0.213. The van der Waals surface area contributed by atoms with Crippen LogP contribution in [0.2, 0.25) is 0 Å². The number of rotatable bonds is 33. The van der Waals surface area contributed by atoms with Gasteiger partial charge in [-0.2, -0.15) is 0 Å². The van der Waals surface area contributed by atoms with Crippen molar-refractivity contribution in [3.05, 3.63) is 0 Å². The van der Waals surface area contributed by atoms with Gasteiger partial charge >= 0.3 is 0 Å². The number of amides is 1. The Balaban J connectivity index is 3.25. The number of nitrogens with one attached hydrogen (secondary N) is 2. The van der Waals surface area contributed by atoms with E-state index >= 15 is 0 Å². The lowest BCUT2D eigenvalue weighted by molar-refractivity contribution is -0.126. The van der Waals surface area contributed by atoms with Gasteiger partial charge in [-0.1, -0.05) is 90.4 Å². The van der Waals surface area contributed by atoms with E-state index in [-0.39, 0.29) is 30.7 Å². The summed E-state index contributed by atoms with van der Waals surface area (Å²) < 4.78 is 21.1. The second-order valence-electron chi connectivity index (χ2n) is 10.4. The van der Waals surface area contributed by atoms with Crippen LogP contribution in [-0.2, 0) is 33.3 Å². The Bertz CT molecular complexity index is 590. The van der Waals surface area contributed by atoms with Gasteiger partial charge in [-0.25, -0.2) is 0 Å². The summed E-state index contributed by atoms with van der Waals surface area (Å²) in [5, 5.41) is 5.83. The third-order valence-corrected chi connectivity index (χ3v) is 6.41. The fraction of sp³-hybridized carbons (Fsp3) is 0.903. The number of ether oxygens (including phenoxy) is 4. The van der Waals surface area contributed by atoms with Crippen LogP contribution in [0, 0.1) is 0 Å². The molecular weight excluding hydrogens is 512 g/mol. The zero-order valence-electron chi connectivity index (χ0n) is 25.7. The summed E-state index contributed by atoms with van der Waals surface area (Å²) >= 11 is 0. The van der Waals surface area contributed by atoms with Gasteiger partial charge in [0.15, 0.2) is 5.78 Å². The average molecular weight is 573 g/mol. The van der Waals surface area contributed by atoms with Gasteiger partial charge in [-0.3, -0.25) is 14.4 Å². The Morgan fingerprint density at radius 3 is 1.57 bits per heavy atom. The van der Waals surface area contributed by atoms with Gasteiger partial charge in [0, 0.05) is 19.5 Å². The van der Waals surface area contributed by atoms with Crippen LogP contribution in [0.4, 0.5) is 0 Å². The van der Waals surface area contributed by atoms with E-state index in [1.54, 1.807) is 0 Å². The number of unbranched alkanes of at least 4 members (excludes halogenated alkanes) is 13. The molecule has 0 heterocycles. The molecule has 0 saturated carbocycles. The maximum absolute atomic E-state index is 12.0. The van der Waals surface area contributed by atoms with Gasteiger partial charge in [0.1, 0.15) is 19.0 Å². The number of carbonyl (C=O) groups is 3. The van der Waals surface area contributed by atoms with Crippen LogP contribution in [0.5, 0.6) is 0 Å². The zero-order chi connectivity index (χ0) is 29.4. The first-order chi connectivity index (χ1) is 19.6. The predicted octanol–water partition coefficient (Wildman–Crippen LogP) is 4.79. The van der Waals surface area contributed by atoms with Gasteiger partial charge in [0.05, 0.1) is 46.2 Å². The van der Waals surface area contributed by atoms with Gasteiger partial charge in [0.2, 0.25) is 5.91 Å². The lowest BCUT2D eigenvalue weighted by Crippen LogP contribution is -2.31. The smallest absolute Gasteiger partial charge is 0.246 e. The maximum Gasteiger partial charge on any atom is 0.246 e. The SMILES string of the molecule is CCCCCCCCCCCCCCCCC(=O)CNCCOCCOCC(=O)NCCOCCOCC(C)=O. The number of carbonyl (C=O) groups excluding carboxylic acids is 3. The van der Waals surface area contributed by atoms with E-state index < -0.39 is 0 Å². The average Bonchev–Trinajstić information content (AvgIpc) is 2.93. The molecule has 0 spiro atoms. The van der Waals surface area contributed by atoms with Crippen molar-refractivity contribution >= 4 is 17.5 Å². The summed E-state index contributed by atoms with van der Waals surface area (Å²) in [5.41, 5.74) is 0. The minimum Gasteiger partial charge on any atom is -0.378 e. The molecular formula is C31H60N2O7. The molecule has 236 valence electrons. The second kappa shape index (κ2) is 32.1. The molecule has 40 heavy (non-hydrogen) atoms. The zero-order valence-corrected chi connectivity index (χ0v) is 25.7. The molecule has 0 aliphatic carbocycles. The van der Waals surface area contributed by atoms with Crippen LogP contribution >= 0.6 is 0 Å². The van der Waals surface area contributed by atoms with Crippen molar-refractivity contribution in [2.75, 3.05) is 72.5 Å². The van der Waals surface area contributed by atoms with Crippen molar-refractivity contribution in [1.82, 2.24) is 10.6 Å². The van der Waals surface area contributed by atoms with Crippen LogP contribution in [0.3, 0.4) is 0 Å². The molecule has 0 saturated heterocycles. The largest absolute Gasteiger partial charge is 0.378 e. The Kier molecular flexibility index (Phi) is 31.0. The number of hydrogen-bond donors (Lipinski definition) is 2. The molecule has 9 nitrogen and oxygen atoms in total. The molecule has 0 aromatic carbocycles. The van der Waals surface area contributed by atoms with Crippen LogP contribution in [0.1, 0.15) is 110 Å². The fourth-order valence-electron chi connectivity index (χ4n) is 4.11. The van der Waals surface area contributed by atoms with Gasteiger partial charge in [-0.05, 0) is 13.3 Å². The minimum absolute atomic E-state index is 0.0217. The monoisotopic (exact) mass is 572 g/mol. The Hall–Kier alpha value is -1.39. The van der Waals surface area contributed by atoms with Gasteiger partial charge < -0.3 is 29.6 Å². The first kappa shape index (κ1) is 38.6. The number of Topliss-reactive ketones (excluding diaryl/α,β-unsaturated/α-hetero) is 2. The van der Waals surface area contributed by atoms with Crippen molar-refractivity contribution in [1.29, 1.82) is 0 Å². The molecule has 0 bridgehead atoms. The van der Waals surface area contributed by atoms with Crippen LogP contribution in [0.15, 0.2) is 0 Å². The van der Waals surface area contributed by atoms with Crippen molar-refractivity contribution < 1.29 is 33.3 Å². The lowest BCUT2D eigenvalue weighted by Gasteiger charge is -2.08. The Morgan fingerprint density at radius 2 is 1.02 bits per heavy atom. The molecule has 9 heteroatoms. The van der Waals surface area contributed by atoms with Crippen molar-refractivity contribution in [2.24, 2.45) is 0 Å². The van der Waals surface area contributed by atoms with E-state index in [4.69, 9.17) is 18.9 Å². The van der Waals surface area contributed by atoms with E-state index in [1.165, 1.54) is 84.0 Å². The molecule has 0 radical (unpaired) electrons. The van der Waals surface area contributed by atoms with Crippen molar-refractivity contribution in [3.8, 4) is 0 Å². The standard InChI is InChI=1S/C31H60N2O7/c1-3-4-5-6-7-8-9-10-11-12-13-14-15-16-17-30(35)26-32-18-20-37-23-25-40-28-31(36)33-19-21-38-22-24-39-27-29(2)34/h32H,3-28H2,1-2H3,(H,33,36). The topological polar surface area (TPSA) is 112 Å². The second-order valence-corrected chi connectivity index (χ2v) is 10.4. The quantitative estimate of drug-likeness (QED) is 0.108. The summed E-state index contributed by atoms with van der Waals surface area (Å²) in [6, 6.07) is 0. The predicted molar refractivity (Wildman–Crippen MR) is 160 cm³/mol. The third-order valence-electron chi connectivity index (χ3n) is 6.41. The first-order valence-corrected chi connectivity index (χ1v) is 15.9. The summed E-state index contributed by atoms with van der Waals surface area (Å²) in [7, 11) is 0. The van der Waals surface area contributed by atoms with E-state index in [0.717, 1.165) is 12.8 Å². The molecule has 0 unspecified atom stereocenters. The molecule has 0 atom stereocenters. The normalized spacial score (nSPS) is 11.2.